The third kappa shape index (κ3) is 16.0. The lowest BCUT2D eigenvalue weighted by molar-refractivity contribution is -0.141. The Hall–Kier alpha value is -7.98. The molecule has 1 fully saturated rings. The highest BCUT2D eigenvalue weighted by atomic mass is 127. The first kappa shape index (κ1) is 71.3. The van der Waals surface area contributed by atoms with E-state index in [0.29, 0.717) is 59.4 Å². The van der Waals surface area contributed by atoms with E-state index in [1.54, 1.807) is 85.1 Å². The Balaban J connectivity index is 0.000000149. The molecule has 1 saturated carbocycles. The molecule has 0 saturated heterocycles. The van der Waals surface area contributed by atoms with Crippen molar-refractivity contribution in [3.63, 3.8) is 0 Å². The van der Waals surface area contributed by atoms with Crippen molar-refractivity contribution in [1.29, 1.82) is 0 Å². The monoisotopic (exact) mass is 1580 g/mol. The number of sulfone groups is 2. The number of imidazole rings is 3. The van der Waals surface area contributed by atoms with Crippen molar-refractivity contribution in [1.82, 2.24) is 56.1 Å². The number of para-hydroxylation sites is 2. The molecule has 0 atom stereocenters. The molecule has 0 N–H and O–H groups in total. The smallest absolute Gasteiger partial charge is 0.343 e. The van der Waals surface area contributed by atoms with Crippen molar-refractivity contribution in [2.75, 3.05) is 24.0 Å². The molecule has 32 heteroatoms. The maximum atomic E-state index is 13.3. The summed E-state index contributed by atoms with van der Waals surface area (Å²) in [6.45, 7) is 2.15. The highest BCUT2D eigenvalue weighted by Crippen LogP contribution is 2.38. The van der Waals surface area contributed by atoms with Gasteiger partial charge in [-0.3, -0.25) is 42.4 Å². The Kier molecular flexibility index (Phi) is 20.4. The van der Waals surface area contributed by atoms with Crippen molar-refractivity contribution in [3.8, 4) is 0 Å². The van der Waals surface area contributed by atoms with Gasteiger partial charge in [0.15, 0.2) is 0 Å². The summed E-state index contributed by atoms with van der Waals surface area (Å²) in [5.41, 5.74) is 7.63. The summed E-state index contributed by atoms with van der Waals surface area (Å²) < 4.78 is 179. The number of halogens is 11. The van der Waals surface area contributed by atoms with Gasteiger partial charge in [0.25, 0.3) is 0 Å². The Labute approximate surface area is 575 Å². The summed E-state index contributed by atoms with van der Waals surface area (Å²) in [7, 11) is -6.32. The van der Waals surface area contributed by atoms with Crippen molar-refractivity contribution in [2.24, 2.45) is 0 Å². The third-order valence-corrected chi connectivity index (χ3v) is 21.1. The van der Waals surface area contributed by atoms with Crippen molar-refractivity contribution in [3.05, 3.63) is 190 Å². The molecule has 0 bridgehead atoms. The highest BCUT2D eigenvalue weighted by Gasteiger charge is 2.34. The predicted molar refractivity (Wildman–Crippen MR) is 369 cm³/mol. The summed E-state index contributed by atoms with van der Waals surface area (Å²) in [5.74, 6) is -0.0138. The molecule has 98 heavy (non-hydrogen) atoms. The number of alkyl halides is 9. The fraction of sp³-hybridized carbons (Fsp3) is 0.364. The normalized spacial score (nSPS) is 13.4. The van der Waals surface area contributed by atoms with Crippen LogP contribution in [0.4, 0.5) is 39.5 Å². The number of hydrogen-bond acceptors (Lipinski definition) is 10. The average Bonchev–Trinajstić information content (AvgIpc) is 1.60. The lowest BCUT2D eigenvalue weighted by Crippen LogP contribution is -2.30. The molecule has 9 heterocycles. The van der Waals surface area contributed by atoms with Crippen LogP contribution in [0.1, 0.15) is 72.8 Å². The summed E-state index contributed by atoms with van der Waals surface area (Å²) in [6, 6.07) is 25.0. The topological polar surface area (TPSA) is 203 Å². The van der Waals surface area contributed by atoms with E-state index in [-0.39, 0.29) is 60.3 Å². The van der Waals surface area contributed by atoms with Crippen molar-refractivity contribution in [2.45, 2.75) is 129 Å². The lowest BCUT2D eigenvalue weighted by Gasteiger charge is -2.13. The number of nitrogens with zero attached hydrogens (tertiary/aromatic N) is 12. The second-order valence-corrected chi connectivity index (χ2v) is 31.0. The number of aryl methyl sites for hydroxylation is 5. The maximum Gasteiger partial charge on any atom is 0.406 e. The van der Waals surface area contributed by atoms with Gasteiger partial charge in [-0.1, -0.05) is 24.3 Å². The summed E-state index contributed by atoms with van der Waals surface area (Å²) in [6.07, 6.45) is 0.799. The molecule has 520 valence electrons. The van der Waals surface area contributed by atoms with E-state index in [4.69, 9.17) is 0 Å². The predicted octanol–water partition coefficient (Wildman–Crippen LogP) is 13.3. The van der Waals surface area contributed by atoms with Gasteiger partial charge < -0.3 is 13.7 Å². The van der Waals surface area contributed by atoms with E-state index in [1.807, 2.05) is 61.6 Å². The highest BCUT2D eigenvalue weighted by molar-refractivity contribution is 14.1. The Morgan fingerprint density at radius 2 is 0.949 bits per heavy atom. The number of fused-ring (bicyclic) bond motifs is 6. The first-order chi connectivity index (χ1) is 46.1. The molecule has 0 spiro atoms. The average molecular weight is 1580 g/mol. The first-order valence-corrected chi connectivity index (χ1v) is 36.9. The quantitative estimate of drug-likeness (QED) is 0.0522. The van der Waals surface area contributed by atoms with Gasteiger partial charge in [-0.25, -0.2) is 31.2 Å². The molecule has 0 aliphatic heterocycles. The van der Waals surface area contributed by atoms with Gasteiger partial charge in [-0.15, -0.1) is 0 Å². The fourth-order valence-electron chi connectivity index (χ4n) is 12.6. The molecule has 1 aliphatic carbocycles. The zero-order valence-electron chi connectivity index (χ0n) is 53.1. The van der Waals surface area contributed by atoms with Crippen LogP contribution in [0.5, 0.6) is 0 Å². The minimum absolute atomic E-state index is 0.00122. The molecular weight excluding hydrogens is 1510 g/mol. The van der Waals surface area contributed by atoms with Crippen LogP contribution >= 0.6 is 38.5 Å². The summed E-state index contributed by atoms with van der Waals surface area (Å²) in [4.78, 5) is 52.0. The van der Waals surface area contributed by atoms with Crippen molar-refractivity contribution >= 4 is 124 Å². The van der Waals surface area contributed by atoms with Gasteiger partial charge in [0.1, 0.15) is 32.8 Å². The van der Waals surface area contributed by atoms with Gasteiger partial charge in [-0.05, 0) is 156 Å². The van der Waals surface area contributed by atoms with E-state index < -0.39 is 69.1 Å². The number of pyridine rings is 3. The van der Waals surface area contributed by atoms with Crippen LogP contribution in [0, 0.1) is 17.4 Å². The lowest BCUT2D eigenvalue weighted by atomic mass is 10.2. The molecular formula is C66H65BrF9IN12O7S2. The van der Waals surface area contributed by atoms with E-state index in [9.17, 15) is 70.7 Å². The van der Waals surface area contributed by atoms with Gasteiger partial charge in [-0.2, -0.15) is 39.5 Å². The molecule has 9 aromatic heterocycles. The zero-order chi connectivity index (χ0) is 70.6. The van der Waals surface area contributed by atoms with Gasteiger partial charge in [0.2, 0.25) is 0 Å². The third-order valence-electron chi connectivity index (χ3n) is 17.0. The van der Waals surface area contributed by atoms with Crippen LogP contribution in [0.15, 0.2) is 141 Å². The van der Waals surface area contributed by atoms with Crippen molar-refractivity contribution < 1.29 is 56.3 Å². The molecule has 1 aliphatic rings. The minimum atomic E-state index is -4.55. The van der Waals surface area contributed by atoms with E-state index >= 15 is 0 Å². The molecule has 3 aromatic carbocycles. The number of hydrogen-bond donors (Lipinski definition) is 0. The Bertz CT molecular complexity index is 5440. The summed E-state index contributed by atoms with van der Waals surface area (Å²) >= 11 is 5.79. The molecule has 19 nitrogen and oxygen atoms in total. The fourth-order valence-corrected chi connectivity index (χ4v) is 15.4. The minimum Gasteiger partial charge on any atom is -0.343 e. The standard InChI is InChI=1S/C22H22BrF3N4O3S.C22H20F3IN4O.C22H23F3N4O3S/c1-14-4-5-17-18(10-14)29(21(31)30(17)13-22(24,25)26)12-19-20(23)15-11-27-7-6-16(15)28(19)8-3-9-34(2,32)33;23-22(24,25)9-3-11-28-16-8-10-27-12-15(16)20(26)19(28)13-29-17-4-1-2-5-18(17)30(21(29)31)14-6-7-14;1-15-4-5-19-20(10-15)28(21(30)29(19)14-22(23,24)25)13-17-11-16-12-26-7-6-18(16)27(17)8-3-9-33(2,31)32/h4-7,10-11H,3,8-9,12-13H2,1-2H3;1-2,4-5,8,10,12,14H,3,6-7,9,11,13H2;4-7,10-12H,3,8-9,13-14H2,1-2H3. The largest absolute Gasteiger partial charge is 0.406 e. The van der Waals surface area contributed by atoms with Gasteiger partial charge in [0, 0.05) is 112 Å². The van der Waals surface area contributed by atoms with E-state index in [0.717, 1.165) is 86.1 Å². The molecule has 12 aromatic rings. The zero-order valence-corrected chi connectivity index (χ0v) is 58.5. The van der Waals surface area contributed by atoms with Gasteiger partial charge in [0.05, 0.1) is 92.2 Å². The second kappa shape index (κ2) is 28.0. The van der Waals surface area contributed by atoms with Crippen LogP contribution in [0.2, 0.25) is 0 Å². The Morgan fingerprint density at radius 3 is 1.49 bits per heavy atom. The number of rotatable bonds is 20. The van der Waals surface area contributed by atoms with Crippen LogP contribution in [-0.2, 0) is 72.0 Å². The summed E-state index contributed by atoms with van der Waals surface area (Å²) in [5, 5.41) is 2.46. The van der Waals surface area contributed by atoms with E-state index in [2.05, 4.69) is 53.5 Å². The van der Waals surface area contributed by atoms with Gasteiger partial charge >= 0.3 is 35.6 Å². The van der Waals surface area contributed by atoms with Crippen LogP contribution < -0.4 is 17.1 Å². The molecule has 13 rings (SSSR count). The maximum absolute atomic E-state index is 13.3. The number of benzene rings is 3. The molecule has 0 radical (unpaired) electrons. The molecule has 0 unspecified atom stereocenters. The SMILES string of the molecule is Cc1ccc2c(c1)n(Cc1c(Br)c3cnccc3n1CCCS(C)(=O)=O)c(=O)n2CC(F)(F)F.Cc1ccc2c(c1)n(Cc1cc3cnccc3n1CCCS(C)(=O)=O)c(=O)n2CC(F)(F)F.O=c1n(Cc2c(I)c3cnccc3n2CCCC(F)(F)F)c2ccccc2n1C1CC1. The second-order valence-electron chi connectivity index (χ2n) is 24.6. The van der Waals surface area contributed by atoms with Crippen LogP contribution in [0.3, 0.4) is 0 Å². The first-order valence-electron chi connectivity index (χ1n) is 30.9. The van der Waals surface area contributed by atoms with Crippen LogP contribution in [0.25, 0.3) is 65.8 Å². The Morgan fingerprint density at radius 1 is 0.490 bits per heavy atom. The van der Waals surface area contributed by atoms with E-state index in [1.165, 1.54) is 33.8 Å². The number of aromatic nitrogens is 12. The van der Waals surface area contributed by atoms with Crippen LogP contribution in [-0.4, -0.2) is 115 Å². The molecule has 0 amide bonds.